The molecule has 32 heavy (non-hydrogen) atoms. The fourth-order valence-electron chi connectivity index (χ4n) is 4.06. The molecule has 0 aliphatic carbocycles. The van der Waals surface area contributed by atoms with Gasteiger partial charge in [-0.25, -0.2) is 0 Å². The predicted molar refractivity (Wildman–Crippen MR) is 127 cm³/mol. The first-order valence-corrected chi connectivity index (χ1v) is 11.4. The van der Waals surface area contributed by atoms with Gasteiger partial charge in [-0.1, -0.05) is 54.1 Å². The Morgan fingerprint density at radius 1 is 1.03 bits per heavy atom. The molecule has 3 aromatic rings. The van der Waals surface area contributed by atoms with Gasteiger partial charge in [-0.2, -0.15) is 0 Å². The second kappa shape index (κ2) is 11.1. The summed E-state index contributed by atoms with van der Waals surface area (Å²) in [6.45, 7) is 3.28. The molecule has 0 radical (unpaired) electrons. The second-order valence-electron chi connectivity index (χ2n) is 8.00. The van der Waals surface area contributed by atoms with Gasteiger partial charge in [0, 0.05) is 23.7 Å². The highest BCUT2D eigenvalue weighted by Gasteiger charge is 2.28. The van der Waals surface area contributed by atoms with Crippen LogP contribution in [0.25, 0.3) is 0 Å². The average molecular weight is 450 g/mol. The van der Waals surface area contributed by atoms with Crippen LogP contribution in [0.2, 0.25) is 5.02 Å². The number of halogens is 1. The predicted octanol–water partition coefficient (Wildman–Crippen LogP) is 4.73. The van der Waals surface area contributed by atoms with E-state index in [0.717, 1.165) is 49.5 Å². The Morgan fingerprint density at radius 3 is 2.47 bits per heavy atom. The summed E-state index contributed by atoms with van der Waals surface area (Å²) in [4.78, 5) is 20.0. The third-order valence-corrected chi connectivity index (χ3v) is 6.21. The average Bonchev–Trinajstić information content (AvgIpc) is 2.85. The van der Waals surface area contributed by atoms with Crippen molar-refractivity contribution in [2.75, 3.05) is 26.2 Å². The van der Waals surface area contributed by atoms with Gasteiger partial charge in [-0.15, -0.1) is 0 Å². The fourth-order valence-corrected chi connectivity index (χ4v) is 4.30. The fraction of sp³-hybridized carbons (Fsp3) is 0.308. The van der Waals surface area contributed by atoms with Crippen molar-refractivity contribution in [3.8, 4) is 5.75 Å². The maximum atomic E-state index is 13.1. The Labute approximate surface area is 194 Å². The summed E-state index contributed by atoms with van der Waals surface area (Å²) in [6.07, 6.45) is 3.39. The molecule has 1 aliphatic rings. The minimum absolute atomic E-state index is 0.0185. The van der Waals surface area contributed by atoms with E-state index in [0.29, 0.717) is 11.6 Å². The molecule has 1 amide bonds. The molecule has 1 saturated heterocycles. The molecule has 1 aromatic heterocycles. The molecule has 4 rings (SSSR count). The summed E-state index contributed by atoms with van der Waals surface area (Å²) >= 11 is 6.45. The maximum absolute atomic E-state index is 13.1. The van der Waals surface area contributed by atoms with E-state index in [1.165, 1.54) is 0 Å². The van der Waals surface area contributed by atoms with E-state index in [1.54, 1.807) is 6.20 Å². The molecule has 166 valence electrons. The SMILES string of the molecule is O=C(N[C@@H](c1ccccn1)c1ccccc1Cl)C1CCN(CCOc2ccccc2)CC1. The number of hydrogen-bond donors (Lipinski definition) is 1. The Balaban J connectivity index is 1.32. The second-order valence-corrected chi connectivity index (χ2v) is 8.40. The number of amides is 1. The lowest BCUT2D eigenvalue weighted by atomic mass is 9.94. The largest absolute Gasteiger partial charge is 0.492 e. The smallest absolute Gasteiger partial charge is 0.224 e. The lowest BCUT2D eigenvalue weighted by Gasteiger charge is -2.32. The van der Waals surface area contributed by atoms with Gasteiger partial charge in [-0.3, -0.25) is 14.7 Å². The van der Waals surface area contributed by atoms with Crippen LogP contribution in [0.3, 0.4) is 0 Å². The number of ether oxygens (including phenoxy) is 1. The summed E-state index contributed by atoms with van der Waals surface area (Å²) in [7, 11) is 0. The molecule has 1 aliphatic heterocycles. The highest BCUT2D eigenvalue weighted by atomic mass is 35.5. The summed E-state index contributed by atoms with van der Waals surface area (Å²) < 4.78 is 5.80. The van der Waals surface area contributed by atoms with Gasteiger partial charge in [0.05, 0.1) is 11.7 Å². The van der Waals surface area contributed by atoms with Crippen molar-refractivity contribution in [3.05, 3.63) is 95.3 Å². The van der Waals surface area contributed by atoms with Crippen LogP contribution in [0.4, 0.5) is 0 Å². The molecule has 2 heterocycles. The summed E-state index contributed by atoms with van der Waals surface area (Å²) in [5.74, 6) is 0.928. The third kappa shape index (κ3) is 5.87. The monoisotopic (exact) mass is 449 g/mol. The topological polar surface area (TPSA) is 54.5 Å². The summed E-state index contributed by atoms with van der Waals surface area (Å²) in [5.41, 5.74) is 1.64. The van der Waals surface area contributed by atoms with E-state index >= 15 is 0 Å². The standard InChI is InChI=1S/C26H28ClN3O2/c27-23-11-5-4-10-22(23)25(24-12-6-7-15-28-24)29-26(31)20-13-16-30(17-14-20)18-19-32-21-8-2-1-3-9-21/h1-12,15,20,25H,13-14,16-19H2,(H,29,31)/t25-/m1/s1. The minimum Gasteiger partial charge on any atom is -0.492 e. The molecule has 5 nitrogen and oxygen atoms in total. The van der Waals surface area contributed by atoms with Crippen LogP contribution in [-0.4, -0.2) is 42.0 Å². The summed E-state index contributed by atoms with van der Waals surface area (Å²) in [6, 6.07) is 22.8. The molecule has 0 saturated carbocycles. The van der Waals surface area contributed by atoms with Crippen LogP contribution in [0.5, 0.6) is 5.75 Å². The maximum Gasteiger partial charge on any atom is 0.224 e. The number of aromatic nitrogens is 1. The van der Waals surface area contributed by atoms with E-state index in [2.05, 4.69) is 15.2 Å². The van der Waals surface area contributed by atoms with Crippen molar-refractivity contribution in [2.45, 2.75) is 18.9 Å². The first-order chi connectivity index (χ1) is 15.7. The Morgan fingerprint density at radius 2 is 1.75 bits per heavy atom. The van der Waals surface area contributed by atoms with Crippen LogP contribution in [-0.2, 0) is 4.79 Å². The van der Waals surface area contributed by atoms with E-state index in [4.69, 9.17) is 16.3 Å². The number of likely N-dealkylation sites (tertiary alicyclic amines) is 1. The van der Waals surface area contributed by atoms with Crippen molar-refractivity contribution >= 4 is 17.5 Å². The van der Waals surface area contributed by atoms with Gasteiger partial charge in [0.15, 0.2) is 0 Å². The van der Waals surface area contributed by atoms with Gasteiger partial charge < -0.3 is 10.1 Å². The zero-order chi connectivity index (χ0) is 22.2. The summed E-state index contributed by atoms with van der Waals surface area (Å²) in [5, 5.41) is 3.83. The van der Waals surface area contributed by atoms with Gasteiger partial charge in [0.1, 0.15) is 12.4 Å². The number of benzene rings is 2. The van der Waals surface area contributed by atoms with Crippen molar-refractivity contribution < 1.29 is 9.53 Å². The zero-order valence-electron chi connectivity index (χ0n) is 18.0. The molecule has 0 spiro atoms. The van der Waals surface area contributed by atoms with Gasteiger partial charge in [0.2, 0.25) is 5.91 Å². The molecule has 6 heteroatoms. The number of carbonyl (C=O) groups is 1. The lowest BCUT2D eigenvalue weighted by Crippen LogP contribution is -2.43. The number of carbonyl (C=O) groups excluding carboxylic acids is 1. The Hall–Kier alpha value is -2.89. The molecule has 1 fully saturated rings. The molecule has 0 bridgehead atoms. The van der Waals surface area contributed by atoms with E-state index in [1.807, 2.05) is 72.8 Å². The molecule has 2 aromatic carbocycles. The van der Waals surface area contributed by atoms with Crippen molar-refractivity contribution in [2.24, 2.45) is 5.92 Å². The first-order valence-electron chi connectivity index (χ1n) is 11.1. The van der Waals surface area contributed by atoms with Crippen LogP contribution in [0.1, 0.15) is 30.1 Å². The molecule has 0 unspecified atom stereocenters. The number of pyridine rings is 1. The number of para-hydroxylation sites is 1. The minimum atomic E-state index is -0.366. The van der Waals surface area contributed by atoms with E-state index < -0.39 is 0 Å². The van der Waals surface area contributed by atoms with Gasteiger partial charge >= 0.3 is 0 Å². The molecular formula is C26H28ClN3O2. The molecular weight excluding hydrogens is 422 g/mol. The molecule has 1 atom stereocenters. The normalized spacial score (nSPS) is 15.8. The number of nitrogens with one attached hydrogen (secondary N) is 1. The number of piperidine rings is 1. The lowest BCUT2D eigenvalue weighted by molar-refractivity contribution is -0.127. The third-order valence-electron chi connectivity index (χ3n) is 5.86. The van der Waals surface area contributed by atoms with E-state index in [9.17, 15) is 4.79 Å². The van der Waals surface area contributed by atoms with Gasteiger partial charge in [-0.05, 0) is 61.8 Å². The van der Waals surface area contributed by atoms with Crippen LogP contribution >= 0.6 is 11.6 Å². The van der Waals surface area contributed by atoms with Crippen molar-refractivity contribution in [1.82, 2.24) is 15.2 Å². The number of rotatable bonds is 8. The van der Waals surface area contributed by atoms with Crippen LogP contribution < -0.4 is 10.1 Å². The first kappa shape index (κ1) is 22.3. The highest BCUT2D eigenvalue weighted by molar-refractivity contribution is 6.31. The van der Waals surface area contributed by atoms with Crippen molar-refractivity contribution in [1.29, 1.82) is 0 Å². The molecule has 1 N–H and O–H groups in total. The Bertz CT molecular complexity index is 992. The van der Waals surface area contributed by atoms with Crippen LogP contribution in [0.15, 0.2) is 79.0 Å². The quantitative estimate of drug-likeness (QED) is 0.540. The number of nitrogens with zero attached hydrogens (tertiary/aromatic N) is 2. The van der Waals surface area contributed by atoms with E-state index in [-0.39, 0.29) is 17.9 Å². The van der Waals surface area contributed by atoms with Crippen molar-refractivity contribution in [3.63, 3.8) is 0 Å². The zero-order valence-corrected chi connectivity index (χ0v) is 18.7. The Kier molecular flexibility index (Phi) is 7.75. The van der Waals surface area contributed by atoms with Crippen LogP contribution in [0, 0.1) is 5.92 Å². The number of hydrogen-bond acceptors (Lipinski definition) is 4. The highest BCUT2D eigenvalue weighted by Crippen LogP contribution is 2.28. The van der Waals surface area contributed by atoms with Gasteiger partial charge in [0.25, 0.3) is 0 Å².